The summed E-state index contributed by atoms with van der Waals surface area (Å²) in [5, 5.41) is 7.44. The van der Waals surface area contributed by atoms with Crippen LogP contribution in [0, 0.1) is 6.57 Å². The number of hydrogen-bond acceptors (Lipinski definition) is 1. The van der Waals surface area contributed by atoms with Gasteiger partial charge in [-0.3, -0.25) is 0 Å². The summed E-state index contributed by atoms with van der Waals surface area (Å²) < 4.78 is 6.41. The molecule has 0 bridgehead atoms. The zero-order valence-electron chi connectivity index (χ0n) is 21.8. The van der Waals surface area contributed by atoms with Crippen molar-refractivity contribution in [2.45, 2.75) is 0 Å². The van der Waals surface area contributed by atoms with Crippen LogP contribution in [0.3, 0.4) is 0 Å². The van der Waals surface area contributed by atoms with Crippen molar-refractivity contribution in [1.29, 1.82) is 0 Å². The van der Waals surface area contributed by atoms with Gasteiger partial charge in [0.2, 0.25) is 0 Å². The predicted octanol–water partition coefficient (Wildman–Crippen LogP) is 7.18. The van der Waals surface area contributed by atoms with Gasteiger partial charge < -0.3 is 4.42 Å². The summed E-state index contributed by atoms with van der Waals surface area (Å²) in [5.41, 5.74) is 4.61. The molecular weight excluding hydrogens is 502 g/mol. The Morgan fingerprint density at radius 1 is 0.450 bits per heavy atom. The second-order valence-electron chi connectivity index (χ2n) is 10.0. The molecule has 0 atom stereocenters. The van der Waals surface area contributed by atoms with Gasteiger partial charge in [-0.1, -0.05) is 133 Å². The largest absolute Gasteiger partial charge is 0.456 e. The molecule has 0 aliphatic rings. The van der Waals surface area contributed by atoms with Crippen molar-refractivity contribution in [2.75, 3.05) is 0 Å². The van der Waals surface area contributed by atoms with E-state index in [1.54, 1.807) is 0 Å². The number of fused-ring (bicyclic) bond motifs is 3. The first kappa shape index (κ1) is 23.9. The first-order chi connectivity index (χ1) is 19.8. The number of hydrogen-bond donors (Lipinski definition) is 0. The van der Waals surface area contributed by atoms with Crippen LogP contribution in [0.1, 0.15) is 0 Å². The van der Waals surface area contributed by atoms with Crippen molar-refractivity contribution in [3.8, 4) is 11.1 Å². The summed E-state index contributed by atoms with van der Waals surface area (Å²) in [5.74, 6) is 0. The van der Waals surface area contributed by atoms with Crippen LogP contribution in [0.15, 0.2) is 156 Å². The minimum absolute atomic E-state index is 0.646. The molecule has 1 aromatic heterocycles. The molecule has 2 nitrogen and oxygen atoms in total. The van der Waals surface area contributed by atoms with Gasteiger partial charge in [-0.25, -0.2) is 4.85 Å². The Balaban J connectivity index is 1.56. The minimum Gasteiger partial charge on any atom is -0.456 e. The smallest absolute Gasteiger partial charge is 0.187 e. The molecule has 0 spiro atoms. The molecule has 188 valence electrons. The predicted molar refractivity (Wildman–Crippen MR) is 169 cm³/mol. The number of rotatable bonds is 5. The fraction of sp³-hybridized carbons (Fsp3) is 0. The van der Waals surface area contributed by atoms with E-state index in [2.05, 4.69) is 126 Å². The van der Waals surface area contributed by atoms with Gasteiger partial charge in [-0.15, -0.1) is 0 Å². The molecule has 0 N–H and O–H groups in total. The van der Waals surface area contributed by atoms with E-state index in [9.17, 15) is 0 Å². The Hall–Kier alpha value is -5.17. The van der Waals surface area contributed by atoms with Gasteiger partial charge in [0.1, 0.15) is 11.2 Å². The third-order valence-electron chi connectivity index (χ3n) is 7.83. The number of benzene rings is 6. The third-order valence-corrected chi connectivity index (χ3v) is 12.6. The van der Waals surface area contributed by atoms with Gasteiger partial charge in [-0.2, -0.15) is 0 Å². The maximum Gasteiger partial charge on any atom is 0.187 e. The molecule has 0 unspecified atom stereocenters. The normalized spacial score (nSPS) is 11.5. The Morgan fingerprint density at radius 3 is 1.75 bits per heavy atom. The molecular formula is C37H25NOSi. The molecule has 1 heterocycles. The topological polar surface area (TPSA) is 17.5 Å². The third kappa shape index (κ3) is 3.86. The van der Waals surface area contributed by atoms with E-state index in [0.717, 1.165) is 33.1 Å². The van der Waals surface area contributed by atoms with Crippen LogP contribution in [0.25, 0.3) is 37.9 Å². The second kappa shape index (κ2) is 9.85. The molecule has 7 rings (SSSR count). The van der Waals surface area contributed by atoms with Crippen LogP contribution in [-0.4, -0.2) is 8.07 Å². The van der Waals surface area contributed by atoms with Crippen LogP contribution >= 0.6 is 0 Å². The van der Waals surface area contributed by atoms with E-state index >= 15 is 0 Å². The average molecular weight is 528 g/mol. The van der Waals surface area contributed by atoms with Crippen molar-refractivity contribution in [1.82, 2.24) is 0 Å². The van der Waals surface area contributed by atoms with Crippen molar-refractivity contribution in [3.63, 3.8) is 0 Å². The molecule has 0 saturated carbocycles. The Kier molecular flexibility index (Phi) is 5.89. The molecule has 3 heteroatoms. The van der Waals surface area contributed by atoms with Gasteiger partial charge in [0.25, 0.3) is 0 Å². The van der Waals surface area contributed by atoms with E-state index < -0.39 is 8.07 Å². The first-order valence-electron chi connectivity index (χ1n) is 13.4. The molecule has 0 radical (unpaired) electrons. The Labute approximate surface area is 234 Å². The maximum absolute atomic E-state index is 7.51. The van der Waals surface area contributed by atoms with Crippen molar-refractivity contribution >= 4 is 56.4 Å². The number of nitrogens with zero attached hydrogens (tertiary/aromatic N) is 1. The molecule has 6 aromatic carbocycles. The van der Waals surface area contributed by atoms with Gasteiger partial charge in [0.05, 0.1) is 6.57 Å². The van der Waals surface area contributed by atoms with E-state index in [1.165, 1.54) is 20.7 Å². The van der Waals surface area contributed by atoms with Crippen molar-refractivity contribution in [3.05, 3.63) is 163 Å². The summed E-state index contributed by atoms with van der Waals surface area (Å²) in [4.78, 5) is 3.67. The van der Waals surface area contributed by atoms with Gasteiger partial charge in [0.15, 0.2) is 13.8 Å². The molecule has 0 aliphatic carbocycles. The fourth-order valence-corrected chi connectivity index (χ4v) is 10.8. The molecule has 40 heavy (non-hydrogen) atoms. The summed E-state index contributed by atoms with van der Waals surface area (Å²) in [6.07, 6.45) is 0. The Morgan fingerprint density at radius 2 is 1.02 bits per heavy atom. The summed E-state index contributed by atoms with van der Waals surface area (Å²) in [6.45, 7) is 7.51. The molecule has 0 amide bonds. The standard InChI is InChI=1S/C37H25NOSi/c1-38-29-14-10-12-27(24-29)28-13-11-19-32(25-28)40(30-15-4-2-5-16-30,31-17-6-3-7-18-31)33-22-23-35-34-20-8-9-21-36(34)39-37(35)26-33/h2-26H. The van der Waals surface area contributed by atoms with Crippen LogP contribution < -0.4 is 20.7 Å². The van der Waals surface area contributed by atoms with Gasteiger partial charge in [0, 0.05) is 10.8 Å². The average Bonchev–Trinajstić information content (AvgIpc) is 3.41. The lowest BCUT2D eigenvalue weighted by atomic mass is 10.1. The maximum atomic E-state index is 7.51. The zero-order valence-corrected chi connectivity index (χ0v) is 22.8. The highest BCUT2D eigenvalue weighted by Gasteiger charge is 2.41. The van der Waals surface area contributed by atoms with E-state index in [0.29, 0.717) is 5.69 Å². The van der Waals surface area contributed by atoms with E-state index in [4.69, 9.17) is 11.0 Å². The highest BCUT2D eigenvalue weighted by Crippen LogP contribution is 2.29. The van der Waals surface area contributed by atoms with E-state index in [-0.39, 0.29) is 0 Å². The highest BCUT2D eigenvalue weighted by atomic mass is 28.3. The van der Waals surface area contributed by atoms with Crippen LogP contribution in [-0.2, 0) is 0 Å². The van der Waals surface area contributed by atoms with Crippen LogP contribution in [0.2, 0.25) is 0 Å². The SMILES string of the molecule is [C-]#[N+]c1cccc(-c2cccc([Si](c3ccccc3)(c3ccccc3)c3ccc4c(c3)oc3ccccc34)c2)c1. The number of furan rings is 1. The monoisotopic (exact) mass is 527 g/mol. The molecule has 7 aromatic rings. The fourth-order valence-electron chi connectivity index (χ4n) is 6.02. The van der Waals surface area contributed by atoms with Crippen LogP contribution in [0.4, 0.5) is 5.69 Å². The molecule has 0 fully saturated rings. The second-order valence-corrected chi connectivity index (χ2v) is 13.8. The molecule has 0 aliphatic heterocycles. The van der Waals surface area contributed by atoms with E-state index in [1.807, 2.05) is 30.3 Å². The van der Waals surface area contributed by atoms with Gasteiger partial charge in [-0.05, 0) is 50.1 Å². The van der Waals surface area contributed by atoms with Crippen molar-refractivity contribution < 1.29 is 4.42 Å². The quantitative estimate of drug-likeness (QED) is 0.132. The first-order valence-corrected chi connectivity index (χ1v) is 15.4. The van der Waals surface area contributed by atoms with Crippen molar-refractivity contribution in [2.24, 2.45) is 0 Å². The minimum atomic E-state index is -2.77. The summed E-state index contributed by atoms with van der Waals surface area (Å²) in [7, 11) is -2.77. The highest BCUT2D eigenvalue weighted by molar-refractivity contribution is 7.20. The van der Waals surface area contributed by atoms with Crippen LogP contribution in [0.5, 0.6) is 0 Å². The lowest BCUT2D eigenvalue weighted by Gasteiger charge is -2.34. The Bertz CT molecular complexity index is 1980. The lowest BCUT2D eigenvalue weighted by molar-refractivity contribution is 0.669. The summed E-state index contributed by atoms with van der Waals surface area (Å²) >= 11 is 0. The molecule has 0 saturated heterocycles. The lowest BCUT2D eigenvalue weighted by Crippen LogP contribution is -2.74. The summed E-state index contributed by atoms with van der Waals surface area (Å²) in [6, 6.07) is 53.7. The number of para-hydroxylation sites is 1. The zero-order chi connectivity index (χ0) is 26.9. The van der Waals surface area contributed by atoms with Gasteiger partial charge >= 0.3 is 0 Å².